The Morgan fingerprint density at radius 1 is 1.30 bits per heavy atom. The van der Waals surface area contributed by atoms with Crippen LogP contribution in [0.2, 0.25) is 0 Å². The summed E-state index contributed by atoms with van der Waals surface area (Å²) in [5.41, 5.74) is 6.51. The van der Waals surface area contributed by atoms with Crippen molar-refractivity contribution in [2.24, 2.45) is 5.73 Å². The number of nitrogens with zero attached hydrogens (tertiary/aromatic N) is 1. The fraction of sp³-hybridized carbons (Fsp3) is 0.533. The first kappa shape index (κ1) is 16.9. The van der Waals surface area contributed by atoms with Gasteiger partial charge in [0.15, 0.2) is 0 Å². The van der Waals surface area contributed by atoms with E-state index in [0.29, 0.717) is 29.9 Å². The van der Waals surface area contributed by atoms with E-state index in [2.05, 4.69) is 37.9 Å². The lowest BCUT2D eigenvalue weighted by atomic mass is 10.2. The van der Waals surface area contributed by atoms with Crippen LogP contribution in [0.1, 0.15) is 33.3 Å². The molecular formula is C15H24FN3S. The van der Waals surface area contributed by atoms with E-state index in [1.807, 2.05) is 0 Å². The second-order valence-corrected chi connectivity index (χ2v) is 5.85. The number of nitrogens with one attached hydrogen (secondary N) is 1. The number of nitrogens with two attached hydrogens (primary N) is 1. The largest absolute Gasteiger partial charge is 0.389 e. The maximum atomic E-state index is 13.9. The second kappa shape index (κ2) is 7.55. The van der Waals surface area contributed by atoms with Crippen molar-refractivity contribution in [1.82, 2.24) is 4.90 Å². The molecule has 0 spiro atoms. The van der Waals surface area contributed by atoms with Crippen LogP contribution in [0.25, 0.3) is 0 Å². The third-order valence-corrected chi connectivity index (χ3v) is 3.50. The summed E-state index contributed by atoms with van der Waals surface area (Å²) in [4.78, 5) is 2.56. The predicted octanol–water partition coefficient (Wildman–Crippen LogP) is 2.99. The third-order valence-electron chi connectivity index (χ3n) is 3.27. The monoisotopic (exact) mass is 297 g/mol. The van der Waals surface area contributed by atoms with Gasteiger partial charge in [0.25, 0.3) is 0 Å². The van der Waals surface area contributed by atoms with Crippen molar-refractivity contribution in [3.63, 3.8) is 0 Å². The standard InChI is InChI=1S/C15H24FN3S/c1-10(2)19(11(3)4)8-7-18-14-6-5-12(15(17)20)9-13(14)16/h5-6,9-11,18H,7-8H2,1-4H3,(H2,17,20). The molecule has 0 aliphatic rings. The van der Waals surface area contributed by atoms with Gasteiger partial charge in [0.1, 0.15) is 10.8 Å². The zero-order valence-electron chi connectivity index (χ0n) is 12.6. The molecule has 0 atom stereocenters. The van der Waals surface area contributed by atoms with E-state index >= 15 is 0 Å². The molecule has 0 bridgehead atoms. The van der Waals surface area contributed by atoms with Gasteiger partial charge in [0.05, 0.1) is 5.69 Å². The molecule has 1 aromatic rings. The average Bonchev–Trinajstić information content (AvgIpc) is 2.34. The Hall–Kier alpha value is -1.20. The number of halogens is 1. The average molecular weight is 297 g/mol. The molecule has 0 heterocycles. The van der Waals surface area contributed by atoms with E-state index in [1.165, 1.54) is 6.07 Å². The van der Waals surface area contributed by atoms with E-state index in [4.69, 9.17) is 18.0 Å². The highest BCUT2D eigenvalue weighted by Crippen LogP contribution is 2.16. The molecule has 1 rings (SSSR count). The summed E-state index contributed by atoms with van der Waals surface area (Å²) in [6.07, 6.45) is 0. The first-order valence-electron chi connectivity index (χ1n) is 6.92. The first-order chi connectivity index (χ1) is 9.32. The smallest absolute Gasteiger partial charge is 0.146 e. The fourth-order valence-corrected chi connectivity index (χ4v) is 2.37. The minimum absolute atomic E-state index is 0.209. The molecule has 1 aromatic carbocycles. The molecule has 0 unspecified atom stereocenters. The van der Waals surface area contributed by atoms with Crippen LogP contribution in [-0.2, 0) is 0 Å². The molecule has 0 saturated carbocycles. The molecule has 5 heteroatoms. The van der Waals surface area contributed by atoms with Gasteiger partial charge in [-0.3, -0.25) is 4.90 Å². The zero-order valence-corrected chi connectivity index (χ0v) is 13.4. The van der Waals surface area contributed by atoms with Crippen LogP contribution >= 0.6 is 12.2 Å². The molecule has 0 aliphatic carbocycles. The van der Waals surface area contributed by atoms with Crippen molar-refractivity contribution >= 4 is 22.9 Å². The van der Waals surface area contributed by atoms with Gasteiger partial charge in [-0.05, 0) is 45.9 Å². The van der Waals surface area contributed by atoms with E-state index in [1.54, 1.807) is 12.1 Å². The highest BCUT2D eigenvalue weighted by atomic mass is 32.1. The lowest BCUT2D eigenvalue weighted by Crippen LogP contribution is -2.40. The van der Waals surface area contributed by atoms with Crippen LogP contribution in [0.5, 0.6) is 0 Å². The molecule has 20 heavy (non-hydrogen) atoms. The van der Waals surface area contributed by atoms with E-state index in [-0.39, 0.29) is 10.8 Å². The molecule has 0 aliphatic heterocycles. The van der Waals surface area contributed by atoms with Gasteiger partial charge in [0.2, 0.25) is 0 Å². The van der Waals surface area contributed by atoms with Crippen molar-refractivity contribution in [1.29, 1.82) is 0 Å². The van der Waals surface area contributed by atoms with Gasteiger partial charge in [-0.1, -0.05) is 12.2 Å². The molecule has 112 valence electrons. The van der Waals surface area contributed by atoms with Gasteiger partial charge >= 0.3 is 0 Å². The zero-order chi connectivity index (χ0) is 15.3. The van der Waals surface area contributed by atoms with Crippen LogP contribution in [0.4, 0.5) is 10.1 Å². The minimum Gasteiger partial charge on any atom is -0.389 e. The van der Waals surface area contributed by atoms with Crippen LogP contribution in [0.3, 0.4) is 0 Å². The Balaban J connectivity index is 2.60. The maximum Gasteiger partial charge on any atom is 0.146 e. The lowest BCUT2D eigenvalue weighted by Gasteiger charge is -2.30. The summed E-state index contributed by atoms with van der Waals surface area (Å²) in [5, 5.41) is 3.12. The van der Waals surface area contributed by atoms with Crippen molar-refractivity contribution < 1.29 is 4.39 Å². The quantitative estimate of drug-likeness (QED) is 0.759. The maximum absolute atomic E-state index is 13.9. The van der Waals surface area contributed by atoms with Gasteiger partial charge in [-0.15, -0.1) is 0 Å². The van der Waals surface area contributed by atoms with Gasteiger partial charge in [0, 0.05) is 30.7 Å². The number of anilines is 1. The Bertz CT molecular complexity index is 452. The summed E-state index contributed by atoms with van der Waals surface area (Å²) >= 11 is 4.83. The summed E-state index contributed by atoms with van der Waals surface area (Å²) < 4.78 is 13.9. The molecule has 0 fully saturated rings. The molecule has 0 radical (unpaired) electrons. The normalized spacial score (nSPS) is 11.4. The molecule has 3 N–H and O–H groups in total. The Labute approximate surface area is 126 Å². The molecular weight excluding hydrogens is 273 g/mol. The highest BCUT2D eigenvalue weighted by molar-refractivity contribution is 7.80. The van der Waals surface area contributed by atoms with Crippen molar-refractivity contribution in [3.8, 4) is 0 Å². The highest BCUT2D eigenvalue weighted by Gasteiger charge is 2.13. The number of hydrogen-bond acceptors (Lipinski definition) is 3. The van der Waals surface area contributed by atoms with Crippen LogP contribution in [-0.4, -0.2) is 35.1 Å². The van der Waals surface area contributed by atoms with E-state index < -0.39 is 0 Å². The Morgan fingerprint density at radius 2 is 1.90 bits per heavy atom. The summed E-state index contributed by atoms with van der Waals surface area (Å²) in [7, 11) is 0. The Morgan fingerprint density at radius 3 is 2.35 bits per heavy atom. The van der Waals surface area contributed by atoms with Gasteiger partial charge < -0.3 is 11.1 Å². The molecule has 0 amide bonds. The van der Waals surface area contributed by atoms with Gasteiger partial charge in [-0.2, -0.15) is 0 Å². The molecule has 0 aromatic heterocycles. The third kappa shape index (κ3) is 4.72. The van der Waals surface area contributed by atoms with Crippen LogP contribution in [0, 0.1) is 5.82 Å². The summed E-state index contributed by atoms with van der Waals surface area (Å²) in [5.74, 6) is -0.323. The summed E-state index contributed by atoms with van der Waals surface area (Å²) in [6.45, 7) is 10.2. The van der Waals surface area contributed by atoms with Gasteiger partial charge in [-0.25, -0.2) is 4.39 Å². The topological polar surface area (TPSA) is 41.3 Å². The number of hydrogen-bond donors (Lipinski definition) is 2. The van der Waals surface area contributed by atoms with E-state index in [0.717, 1.165) is 6.54 Å². The number of benzene rings is 1. The minimum atomic E-state index is -0.323. The number of thiocarbonyl (C=S) groups is 1. The fourth-order valence-electron chi connectivity index (χ4n) is 2.24. The molecule has 0 saturated heterocycles. The van der Waals surface area contributed by atoms with Crippen LogP contribution < -0.4 is 11.1 Å². The van der Waals surface area contributed by atoms with E-state index in [9.17, 15) is 4.39 Å². The number of rotatable bonds is 7. The Kier molecular flexibility index (Phi) is 6.36. The van der Waals surface area contributed by atoms with Crippen LogP contribution in [0.15, 0.2) is 18.2 Å². The predicted molar refractivity (Wildman–Crippen MR) is 87.8 cm³/mol. The van der Waals surface area contributed by atoms with Crippen molar-refractivity contribution in [3.05, 3.63) is 29.6 Å². The first-order valence-corrected chi connectivity index (χ1v) is 7.32. The second-order valence-electron chi connectivity index (χ2n) is 5.41. The van der Waals surface area contributed by atoms with Crippen molar-refractivity contribution in [2.45, 2.75) is 39.8 Å². The molecule has 3 nitrogen and oxygen atoms in total. The SMILES string of the molecule is CC(C)N(CCNc1ccc(C(N)=S)cc1F)C(C)C. The van der Waals surface area contributed by atoms with Crippen molar-refractivity contribution in [2.75, 3.05) is 18.4 Å². The lowest BCUT2D eigenvalue weighted by molar-refractivity contribution is 0.182. The summed E-state index contributed by atoms with van der Waals surface area (Å²) in [6, 6.07) is 5.72.